The zero-order chi connectivity index (χ0) is 20.2. The number of rotatable bonds is 6. The maximum absolute atomic E-state index is 12.2. The van der Waals surface area contributed by atoms with Crippen LogP contribution in [-0.4, -0.2) is 39.4 Å². The molecule has 0 radical (unpaired) electrons. The second-order valence-electron chi connectivity index (χ2n) is 6.06. The molecule has 0 aliphatic carbocycles. The summed E-state index contributed by atoms with van der Waals surface area (Å²) in [5, 5.41) is 7.38. The van der Waals surface area contributed by atoms with E-state index in [0.717, 1.165) is 0 Å². The summed E-state index contributed by atoms with van der Waals surface area (Å²) in [4.78, 5) is 30.6. The van der Waals surface area contributed by atoms with E-state index in [1.54, 1.807) is 47.1 Å². The van der Waals surface area contributed by atoms with Gasteiger partial charge in [0.05, 0.1) is 25.3 Å². The summed E-state index contributed by atoms with van der Waals surface area (Å²) in [6, 6.07) is 14.1. The van der Waals surface area contributed by atoms with Crippen molar-refractivity contribution in [1.29, 1.82) is 0 Å². The highest BCUT2D eigenvalue weighted by atomic mass is 16.5. The number of H-pyrrole nitrogens is 1. The highest BCUT2D eigenvalue weighted by Crippen LogP contribution is 2.25. The molecule has 2 N–H and O–H groups in total. The standard InChI is InChI=1S/C20H17N5O4/c1-28-16-4-2-3-5-17(16)29-11-18(26)24-13-6-8-14(9-7-13)25-19-15(10-23-25)20(27)22-12-21-19/h2-10,12H,11H2,1H3,(H,24,26)(H,21,22,27). The van der Waals surface area contributed by atoms with Crippen molar-refractivity contribution in [3.05, 3.63) is 71.4 Å². The molecule has 0 saturated carbocycles. The molecule has 0 aliphatic heterocycles. The number of fused-ring (bicyclic) bond motifs is 1. The predicted molar refractivity (Wildman–Crippen MR) is 107 cm³/mol. The fourth-order valence-corrected chi connectivity index (χ4v) is 2.81. The Morgan fingerprint density at radius 1 is 1.14 bits per heavy atom. The Bertz CT molecular complexity index is 1210. The van der Waals surface area contributed by atoms with Gasteiger partial charge in [-0.15, -0.1) is 0 Å². The van der Waals surface area contributed by atoms with Crippen LogP contribution in [0.4, 0.5) is 5.69 Å². The normalized spacial score (nSPS) is 10.7. The maximum Gasteiger partial charge on any atom is 0.262 e. The molecule has 0 atom stereocenters. The number of aromatic nitrogens is 4. The lowest BCUT2D eigenvalue weighted by atomic mass is 10.2. The molecule has 2 heterocycles. The second kappa shape index (κ2) is 7.85. The van der Waals surface area contributed by atoms with Crippen molar-refractivity contribution in [2.75, 3.05) is 19.0 Å². The van der Waals surface area contributed by atoms with Crippen molar-refractivity contribution in [2.45, 2.75) is 0 Å². The number of benzene rings is 2. The lowest BCUT2D eigenvalue weighted by Gasteiger charge is -2.11. The number of carbonyl (C=O) groups is 1. The minimum Gasteiger partial charge on any atom is -0.493 e. The number of anilines is 1. The van der Waals surface area contributed by atoms with Crippen molar-refractivity contribution < 1.29 is 14.3 Å². The Labute approximate surface area is 164 Å². The number of hydrogen-bond donors (Lipinski definition) is 2. The number of nitrogens with one attached hydrogen (secondary N) is 2. The molecule has 1 amide bonds. The molecule has 0 spiro atoms. The monoisotopic (exact) mass is 391 g/mol. The number of methoxy groups -OCH3 is 1. The van der Waals surface area contributed by atoms with Gasteiger partial charge in [-0.1, -0.05) is 12.1 Å². The number of nitrogens with zero attached hydrogens (tertiary/aromatic N) is 3. The second-order valence-corrected chi connectivity index (χ2v) is 6.06. The average Bonchev–Trinajstić information content (AvgIpc) is 3.18. The predicted octanol–water partition coefficient (Wildman–Crippen LogP) is 2.13. The number of amides is 1. The van der Waals surface area contributed by atoms with Crippen molar-refractivity contribution >= 4 is 22.6 Å². The first kappa shape index (κ1) is 18.2. The van der Waals surface area contributed by atoms with E-state index in [1.807, 2.05) is 6.07 Å². The van der Waals surface area contributed by atoms with Crippen LogP contribution in [0.3, 0.4) is 0 Å². The van der Waals surface area contributed by atoms with E-state index in [9.17, 15) is 9.59 Å². The molecule has 2 aromatic carbocycles. The summed E-state index contributed by atoms with van der Waals surface area (Å²) in [5.74, 6) is 0.749. The van der Waals surface area contributed by atoms with Crippen LogP contribution < -0.4 is 20.3 Å². The van der Waals surface area contributed by atoms with Crippen LogP contribution in [0.5, 0.6) is 11.5 Å². The Hall–Kier alpha value is -4.14. The molecule has 0 fully saturated rings. The number of aromatic amines is 1. The van der Waals surface area contributed by atoms with Crippen LogP contribution in [0, 0.1) is 0 Å². The smallest absolute Gasteiger partial charge is 0.262 e. The third-order valence-electron chi connectivity index (χ3n) is 4.19. The molecule has 29 heavy (non-hydrogen) atoms. The third kappa shape index (κ3) is 3.79. The van der Waals surface area contributed by atoms with E-state index in [4.69, 9.17) is 9.47 Å². The van der Waals surface area contributed by atoms with E-state index in [1.165, 1.54) is 19.6 Å². The molecule has 146 valence electrons. The van der Waals surface area contributed by atoms with E-state index in [2.05, 4.69) is 20.4 Å². The number of ether oxygens (including phenoxy) is 2. The van der Waals surface area contributed by atoms with Gasteiger partial charge in [-0.3, -0.25) is 9.59 Å². The van der Waals surface area contributed by atoms with Gasteiger partial charge in [-0.05, 0) is 36.4 Å². The van der Waals surface area contributed by atoms with Crippen LogP contribution in [0.25, 0.3) is 16.7 Å². The van der Waals surface area contributed by atoms with Crippen molar-refractivity contribution in [3.63, 3.8) is 0 Å². The van der Waals surface area contributed by atoms with Crippen LogP contribution >= 0.6 is 0 Å². The first-order chi connectivity index (χ1) is 14.2. The lowest BCUT2D eigenvalue weighted by molar-refractivity contribution is -0.118. The van der Waals surface area contributed by atoms with Crippen molar-refractivity contribution in [2.24, 2.45) is 0 Å². The topological polar surface area (TPSA) is 111 Å². The van der Waals surface area contributed by atoms with Crippen LogP contribution in [0.2, 0.25) is 0 Å². The molecular formula is C20H17N5O4. The summed E-state index contributed by atoms with van der Waals surface area (Å²) in [6.45, 7) is -0.154. The highest BCUT2D eigenvalue weighted by Gasteiger charge is 2.10. The third-order valence-corrected chi connectivity index (χ3v) is 4.19. The molecule has 4 aromatic rings. The van der Waals surface area contributed by atoms with Crippen LogP contribution in [0.1, 0.15) is 0 Å². The highest BCUT2D eigenvalue weighted by molar-refractivity contribution is 5.92. The summed E-state index contributed by atoms with van der Waals surface area (Å²) in [7, 11) is 1.54. The number of hydrogen-bond acceptors (Lipinski definition) is 6. The van der Waals surface area contributed by atoms with E-state index in [0.29, 0.717) is 33.9 Å². The molecule has 0 saturated heterocycles. The van der Waals surface area contributed by atoms with Gasteiger partial charge in [0.25, 0.3) is 11.5 Å². The molecule has 0 aliphatic rings. The van der Waals surface area contributed by atoms with Crippen molar-refractivity contribution in [1.82, 2.24) is 19.7 Å². The lowest BCUT2D eigenvalue weighted by Crippen LogP contribution is -2.20. The number of carbonyl (C=O) groups excluding carboxylic acids is 1. The Morgan fingerprint density at radius 3 is 2.66 bits per heavy atom. The first-order valence-corrected chi connectivity index (χ1v) is 8.73. The minimum atomic E-state index is -0.304. The first-order valence-electron chi connectivity index (χ1n) is 8.73. The molecule has 0 unspecified atom stereocenters. The minimum absolute atomic E-state index is 0.154. The molecule has 2 aromatic heterocycles. The Morgan fingerprint density at radius 2 is 1.90 bits per heavy atom. The fraction of sp³-hybridized carbons (Fsp3) is 0.100. The maximum atomic E-state index is 12.2. The Kier molecular flexibility index (Phi) is 4.93. The van der Waals surface area contributed by atoms with Gasteiger partial charge >= 0.3 is 0 Å². The zero-order valence-electron chi connectivity index (χ0n) is 15.5. The fourth-order valence-electron chi connectivity index (χ4n) is 2.81. The van der Waals surface area contributed by atoms with Crippen LogP contribution in [-0.2, 0) is 4.79 Å². The van der Waals surface area contributed by atoms with E-state index >= 15 is 0 Å². The quantitative estimate of drug-likeness (QED) is 0.521. The Balaban J connectivity index is 1.43. The van der Waals surface area contributed by atoms with Gasteiger partial charge in [0.2, 0.25) is 0 Å². The largest absolute Gasteiger partial charge is 0.493 e. The summed E-state index contributed by atoms with van der Waals surface area (Å²) >= 11 is 0. The van der Waals surface area contributed by atoms with Crippen LogP contribution in [0.15, 0.2) is 65.8 Å². The SMILES string of the molecule is COc1ccccc1OCC(=O)Nc1ccc(-n2ncc3c(=O)[nH]cnc32)cc1. The summed E-state index contributed by atoms with van der Waals surface area (Å²) in [6.07, 6.45) is 2.80. The average molecular weight is 391 g/mol. The van der Waals surface area contributed by atoms with Gasteiger partial charge < -0.3 is 19.8 Å². The van der Waals surface area contributed by atoms with Gasteiger partial charge in [-0.2, -0.15) is 5.10 Å². The van der Waals surface area contributed by atoms with Gasteiger partial charge in [-0.25, -0.2) is 9.67 Å². The van der Waals surface area contributed by atoms with Gasteiger partial charge in [0, 0.05) is 5.69 Å². The van der Waals surface area contributed by atoms with Gasteiger partial charge in [0.1, 0.15) is 5.39 Å². The molecular weight excluding hydrogens is 374 g/mol. The molecule has 9 nitrogen and oxygen atoms in total. The number of para-hydroxylation sites is 2. The van der Waals surface area contributed by atoms with Crippen molar-refractivity contribution in [3.8, 4) is 17.2 Å². The summed E-state index contributed by atoms with van der Waals surface area (Å²) < 4.78 is 12.3. The van der Waals surface area contributed by atoms with Gasteiger partial charge in [0.15, 0.2) is 23.8 Å². The molecule has 9 heteroatoms. The van der Waals surface area contributed by atoms with E-state index < -0.39 is 0 Å². The zero-order valence-corrected chi connectivity index (χ0v) is 15.5. The van der Waals surface area contributed by atoms with E-state index in [-0.39, 0.29) is 18.1 Å². The molecule has 4 rings (SSSR count). The summed E-state index contributed by atoms with van der Waals surface area (Å²) in [5.41, 5.74) is 1.52. The molecule has 0 bridgehead atoms.